The summed E-state index contributed by atoms with van der Waals surface area (Å²) in [6.45, 7) is 0. The fourth-order valence-electron chi connectivity index (χ4n) is 1.55. The first kappa shape index (κ1) is 14.0. The Bertz CT molecular complexity index is 407. The summed E-state index contributed by atoms with van der Waals surface area (Å²) in [6, 6.07) is 5.60. The third kappa shape index (κ3) is 4.02. The molecule has 5 heteroatoms. The lowest BCUT2D eigenvalue weighted by Gasteiger charge is -2.18. The van der Waals surface area contributed by atoms with Crippen molar-refractivity contribution >= 4 is 27.6 Å². The molecule has 0 fully saturated rings. The van der Waals surface area contributed by atoms with E-state index in [9.17, 15) is 4.79 Å². The number of carboxylic acid groups (broad SMARTS) is 1. The molecule has 1 aromatic carbocycles. The maximum absolute atomic E-state index is 10.5. The number of carboxylic acids is 1. The minimum atomic E-state index is -0.814. The van der Waals surface area contributed by atoms with Gasteiger partial charge in [-0.1, -0.05) is 6.07 Å². The Hall–Kier alpha value is -1.07. The van der Waals surface area contributed by atoms with E-state index in [2.05, 4.69) is 15.9 Å². The molecule has 3 N–H and O–H groups in total. The number of hydrogen-bond acceptors (Lipinski definition) is 3. The van der Waals surface area contributed by atoms with Crippen LogP contribution in [-0.2, 0) is 4.79 Å². The first-order valence-electron chi connectivity index (χ1n) is 5.36. The summed E-state index contributed by atoms with van der Waals surface area (Å²) < 4.78 is 0.997. The zero-order valence-electron chi connectivity index (χ0n) is 9.98. The quantitative estimate of drug-likeness (QED) is 0.876. The standard InChI is InChI=1S/C12H17BrN2O2/c1-15(2)11-7-8(3-4-9(11)13)10(14)5-6-12(16)17/h3-4,7,10H,5-6,14H2,1-2H3,(H,16,17). The summed E-state index contributed by atoms with van der Waals surface area (Å²) in [7, 11) is 3.90. The number of rotatable bonds is 5. The second-order valence-electron chi connectivity index (χ2n) is 4.14. The Labute approximate surface area is 110 Å². The van der Waals surface area contributed by atoms with Crippen molar-refractivity contribution in [2.75, 3.05) is 19.0 Å². The van der Waals surface area contributed by atoms with Crippen LogP contribution in [-0.4, -0.2) is 25.2 Å². The maximum Gasteiger partial charge on any atom is 0.303 e. The minimum Gasteiger partial charge on any atom is -0.481 e. The van der Waals surface area contributed by atoms with Crippen molar-refractivity contribution in [3.8, 4) is 0 Å². The van der Waals surface area contributed by atoms with Crippen LogP contribution in [0.4, 0.5) is 5.69 Å². The number of anilines is 1. The van der Waals surface area contributed by atoms with Crippen LogP contribution in [0.5, 0.6) is 0 Å². The van der Waals surface area contributed by atoms with Gasteiger partial charge in [-0.2, -0.15) is 0 Å². The van der Waals surface area contributed by atoms with Crippen LogP contribution in [0.3, 0.4) is 0 Å². The third-order valence-electron chi connectivity index (χ3n) is 2.55. The Balaban J connectivity index is 2.84. The molecule has 0 saturated carbocycles. The van der Waals surface area contributed by atoms with Crippen LogP contribution < -0.4 is 10.6 Å². The Morgan fingerprint density at radius 1 is 1.53 bits per heavy atom. The monoisotopic (exact) mass is 300 g/mol. The summed E-state index contributed by atoms with van der Waals surface area (Å²) in [5.74, 6) is -0.814. The molecule has 0 aliphatic carbocycles. The number of nitrogens with zero attached hydrogens (tertiary/aromatic N) is 1. The molecule has 0 heterocycles. The molecule has 1 aromatic rings. The predicted molar refractivity (Wildman–Crippen MR) is 72.3 cm³/mol. The largest absolute Gasteiger partial charge is 0.481 e. The molecule has 1 rings (SSSR count). The number of hydrogen-bond donors (Lipinski definition) is 2. The molecule has 0 bridgehead atoms. The Kier molecular flexibility index (Phi) is 4.96. The van der Waals surface area contributed by atoms with Gasteiger partial charge in [-0.05, 0) is 40.0 Å². The van der Waals surface area contributed by atoms with Gasteiger partial charge in [0, 0.05) is 31.0 Å². The van der Waals surface area contributed by atoms with Crippen LogP contribution in [0.25, 0.3) is 0 Å². The highest BCUT2D eigenvalue weighted by molar-refractivity contribution is 9.10. The van der Waals surface area contributed by atoms with Gasteiger partial charge in [-0.3, -0.25) is 4.79 Å². The summed E-state index contributed by atoms with van der Waals surface area (Å²) in [4.78, 5) is 12.5. The van der Waals surface area contributed by atoms with E-state index in [-0.39, 0.29) is 12.5 Å². The molecule has 17 heavy (non-hydrogen) atoms. The van der Waals surface area contributed by atoms with Gasteiger partial charge in [0.1, 0.15) is 0 Å². The lowest BCUT2D eigenvalue weighted by atomic mass is 10.0. The van der Waals surface area contributed by atoms with Crippen LogP contribution in [0.2, 0.25) is 0 Å². The summed E-state index contributed by atoms with van der Waals surface area (Å²) in [5.41, 5.74) is 7.96. The molecule has 0 aliphatic rings. The fourth-order valence-corrected chi connectivity index (χ4v) is 2.15. The van der Waals surface area contributed by atoms with Crippen molar-refractivity contribution in [1.29, 1.82) is 0 Å². The highest BCUT2D eigenvalue weighted by Gasteiger charge is 2.11. The minimum absolute atomic E-state index is 0.0918. The summed E-state index contributed by atoms with van der Waals surface area (Å²) in [5, 5.41) is 8.62. The van der Waals surface area contributed by atoms with Gasteiger partial charge in [0.2, 0.25) is 0 Å². The van der Waals surface area contributed by atoms with Crippen LogP contribution in [0, 0.1) is 0 Å². The Morgan fingerprint density at radius 3 is 2.71 bits per heavy atom. The average molecular weight is 301 g/mol. The topological polar surface area (TPSA) is 66.6 Å². The molecule has 0 aliphatic heterocycles. The van der Waals surface area contributed by atoms with E-state index in [0.717, 1.165) is 15.7 Å². The lowest BCUT2D eigenvalue weighted by Crippen LogP contribution is -2.14. The summed E-state index contributed by atoms with van der Waals surface area (Å²) >= 11 is 3.47. The predicted octanol–water partition coefficient (Wildman–Crippen LogP) is 2.38. The molecule has 0 saturated heterocycles. The molecule has 0 spiro atoms. The number of halogens is 1. The van der Waals surface area contributed by atoms with Crippen LogP contribution >= 0.6 is 15.9 Å². The second kappa shape index (κ2) is 6.02. The number of nitrogens with two attached hydrogens (primary N) is 1. The maximum atomic E-state index is 10.5. The zero-order chi connectivity index (χ0) is 13.0. The smallest absolute Gasteiger partial charge is 0.303 e. The SMILES string of the molecule is CN(C)c1cc(C(N)CCC(=O)O)ccc1Br. The van der Waals surface area contributed by atoms with Gasteiger partial charge in [0.05, 0.1) is 5.69 Å². The van der Waals surface area contributed by atoms with E-state index >= 15 is 0 Å². The van der Waals surface area contributed by atoms with Gasteiger partial charge in [0.15, 0.2) is 0 Å². The molecule has 1 atom stereocenters. The lowest BCUT2D eigenvalue weighted by molar-refractivity contribution is -0.137. The van der Waals surface area contributed by atoms with Gasteiger partial charge < -0.3 is 15.7 Å². The third-order valence-corrected chi connectivity index (χ3v) is 3.22. The van der Waals surface area contributed by atoms with Gasteiger partial charge in [-0.25, -0.2) is 0 Å². The van der Waals surface area contributed by atoms with E-state index in [1.165, 1.54) is 0 Å². The van der Waals surface area contributed by atoms with E-state index in [1.54, 1.807) is 0 Å². The highest BCUT2D eigenvalue weighted by Crippen LogP contribution is 2.28. The molecular formula is C12H17BrN2O2. The first-order chi connectivity index (χ1) is 7.91. The molecule has 94 valence electrons. The van der Waals surface area contributed by atoms with Crippen molar-refractivity contribution in [3.63, 3.8) is 0 Å². The fraction of sp³-hybridized carbons (Fsp3) is 0.417. The second-order valence-corrected chi connectivity index (χ2v) is 5.00. The number of benzene rings is 1. The van der Waals surface area contributed by atoms with E-state index in [4.69, 9.17) is 10.8 Å². The number of carbonyl (C=O) groups is 1. The van der Waals surface area contributed by atoms with Gasteiger partial charge in [0.25, 0.3) is 0 Å². The number of aliphatic carboxylic acids is 1. The van der Waals surface area contributed by atoms with Gasteiger partial charge in [-0.15, -0.1) is 0 Å². The van der Waals surface area contributed by atoms with Gasteiger partial charge >= 0.3 is 5.97 Å². The van der Waals surface area contributed by atoms with E-state index < -0.39 is 5.97 Å². The summed E-state index contributed by atoms with van der Waals surface area (Å²) in [6.07, 6.45) is 0.540. The van der Waals surface area contributed by atoms with Crippen molar-refractivity contribution in [2.45, 2.75) is 18.9 Å². The van der Waals surface area contributed by atoms with Crippen molar-refractivity contribution in [3.05, 3.63) is 28.2 Å². The van der Waals surface area contributed by atoms with Crippen molar-refractivity contribution in [1.82, 2.24) is 0 Å². The molecule has 4 nitrogen and oxygen atoms in total. The van der Waals surface area contributed by atoms with Crippen molar-refractivity contribution < 1.29 is 9.90 Å². The molecule has 1 unspecified atom stereocenters. The molecule has 0 amide bonds. The van der Waals surface area contributed by atoms with Crippen molar-refractivity contribution in [2.24, 2.45) is 5.73 Å². The van der Waals surface area contributed by atoms with E-state index in [1.807, 2.05) is 37.2 Å². The molecule has 0 aromatic heterocycles. The first-order valence-corrected chi connectivity index (χ1v) is 6.15. The Morgan fingerprint density at radius 2 is 2.18 bits per heavy atom. The van der Waals surface area contributed by atoms with E-state index in [0.29, 0.717) is 6.42 Å². The molecule has 0 radical (unpaired) electrons. The zero-order valence-corrected chi connectivity index (χ0v) is 11.6. The average Bonchev–Trinajstić information content (AvgIpc) is 2.26. The highest BCUT2D eigenvalue weighted by atomic mass is 79.9. The normalized spacial score (nSPS) is 12.2. The van der Waals surface area contributed by atoms with Crippen LogP contribution in [0.1, 0.15) is 24.4 Å². The van der Waals surface area contributed by atoms with Crippen LogP contribution in [0.15, 0.2) is 22.7 Å². The molecular weight excluding hydrogens is 284 g/mol.